The zero-order chi connectivity index (χ0) is 23.7. The minimum Gasteiger partial charge on any atom is -0.332 e. The average Bonchev–Trinajstić information content (AvgIpc) is 3.14. The molecular weight excluding hydrogens is 473 g/mol. The van der Waals surface area contributed by atoms with Gasteiger partial charge in [0.15, 0.2) is 0 Å². The van der Waals surface area contributed by atoms with Gasteiger partial charge in [-0.2, -0.15) is 0 Å². The minimum atomic E-state index is -0.147. The molecule has 0 radical (unpaired) electrons. The maximum Gasteiger partial charge on any atom is 0.317 e. The van der Waals surface area contributed by atoms with Gasteiger partial charge in [0.2, 0.25) is 0 Å². The van der Waals surface area contributed by atoms with E-state index in [1.54, 1.807) is 0 Å². The van der Waals surface area contributed by atoms with Crippen molar-refractivity contribution < 1.29 is 4.79 Å². The predicted octanol–water partition coefficient (Wildman–Crippen LogP) is 4.54. The van der Waals surface area contributed by atoms with Gasteiger partial charge in [-0.3, -0.25) is 9.69 Å². The lowest BCUT2D eigenvalue weighted by molar-refractivity contribution is 0.107. The Bertz CT molecular complexity index is 1120. The molecular formula is C25H31Cl2N5O2. The molecule has 9 heteroatoms. The summed E-state index contributed by atoms with van der Waals surface area (Å²) in [5.41, 5.74) is 1.76. The molecule has 1 spiro atoms. The molecule has 2 amide bonds. The molecule has 3 fully saturated rings. The number of H-pyrrole nitrogens is 1. The Morgan fingerprint density at radius 3 is 2.74 bits per heavy atom. The molecule has 2 saturated heterocycles. The van der Waals surface area contributed by atoms with Crippen LogP contribution in [0.1, 0.15) is 61.5 Å². The Kier molecular flexibility index (Phi) is 6.87. The maximum absolute atomic E-state index is 13.0. The lowest BCUT2D eigenvalue weighted by Gasteiger charge is -2.40. The van der Waals surface area contributed by atoms with Gasteiger partial charge >= 0.3 is 6.03 Å². The number of carbonyl (C=O) groups excluding carboxylic acids is 1. The number of nitrogens with zero attached hydrogens (tertiary/aromatic N) is 3. The van der Waals surface area contributed by atoms with Crippen molar-refractivity contribution in [3.05, 3.63) is 61.7 Å². The van der Waals surface area contributed by atoms with E-state index in [1.807, 2.05) is 23.1 Å². The summed E-state index contributed by atoms with van der Waals surface area (Å²) in [6.07, 6.45) is 6.53. The molecule has 1 aliphatic carbocycles. The fourth-order valence-electron chi connectivity index (χ4n) is 5.55. The summed E-state index contributed by atoms with van der Waals surface area (Å²) < 4.78 is 0. The molecule has 2 aliphatic heterocycles. The average molecular weight is 504 g/mol. The highest BCUT2D eigenvalue weighted by atomic mass is 35.5. The van der Waals surface area contributed by atoms with Crippen molar-refractivity contribution in [2.24, 2.45) is 5.41 Å². The van der Waals surface area contributed by atoms with E-state index >= 15 is 0 Å². The first-order valence-corrected chi connectivity index (χ1v) is 12.9. The summed E-state index contributed by atoms with van der Waals surface area (Å²) in [6.45, 7) is 4.61. The molecule has 1 aromatic heterocycles. The third kappa shape index (κ3) is 5.26. The number of hydrogen-bond acceptors (Lipinski definition) is 4. The molecule has 3 heterocycles. The van der Waals surface area contributed by atoms with Gasteiger partial charge in [-0.1, -0.05) is 35.7 Å². The number of hydrogen-bond donors (Lipinski definition) is 2. The van der Waals surface area contributed by atoms with E-state index in [1.165, 1.54) is 12.5 Å². The zero-order valence-corrected chi connectivity index (χ0v) is 20.8. The molecule has 7 nitrogen and oxygen atoms in total. The first-order chi connectivity index (χ1) is 16.4. The van der Waals surface area contributed by atoms with Crippen LogP contribution < -0.4 is 10.9 Å². The molecule has 0 bridgehead atoms. The number of nitrogens with one attached hydrogen (secondary N) is 2. The monoisotopic (exact) mass is 503 g/mol. The van der Waals surface area contributed by atoms with Crippen LogP contribution >= 0.6 is 23.2 Å². The highest BCUT2D eigenvalue weighted by Crippen LogP contribution is 2.39. The number of rotatable bonds is 5. The largest absolute Gasteiger partial charge is 0.332 e. The lowest BCUT2D eigenvalue weighted by atomic mass is 9.79. The lowest BCUT2D eigenvalue weighted by Crippen LogP contribution is -2.50. The van der Waals surface area contributed by atoms with Crippen LogP contribution in [-0.2, 0) is 13.1 Å². The first kappa shape index (κ1) is 23.6. The molecule has 2 N–H and O–H groups in total. The molecule has 1 aromatic carbocycles. The fourth-order valence-corrected chi connectivity index (χ4v) is 5.87. The zero-order valence-electron chi connectivity index (χ0n) is 19.3. The predicted molar refractivity (Wildman–Crippen MR) is 133 cm³/mol. The fraction of sp³-hybridized carbons (Fsp3) is 0.560. The van der Waals surface area contributed by atoms with Crippen LogP contribution in [0.4, 0.5) is 4.79 Å². The Hall–Kier alpha value is -2.09. The van der Waals surface area contributed by atoms with Crippen molar-refractivity contribution in [3.8, 4) is 0 Å². The third-order valence-corrected chi connectivity index (χ3v) is 8.32. The van der Waals surface area contributed by atoms with Gasteiger partial charge in [0.1, 0.15) is 5.82 Å². The van der Waals surface area contributed by atoms with Crippen LogP contribution in [-0.4, -0.2) is 52.0 Å². The number of halogens is 2. The van der Waals surface area contributed by atoms with Crippen LogP contribution in [0.5, 0.6) is 0 Å². The maximum atomic E-state index is 13.0. The normalized spacial score (nSPS) is 23.3. The van der Waals surface area contributed by atoms with Crippen molar-refractivity contribution in [2.75, 3.05) is 26.2 Å². The summed E-state index contributed by atoms with van der Waals surface area (Å²) in [5.74, 6) is 1.10. The third-order valence-electron chi connectivity index (χ3n) is 7.58. The molecule has 3 aliphatic rings. The van der Waals surface area contributed by atoms with Gasteiger partial charge in [-0.15, -0.1) is 0 Å². The number of aromatic amines is 1. The van der Waals surface area contributed by atoms with Crippen molar-refractivity contribution in [3.63, 3.8) is 0 Å². The second-order valence-electron chi connectivity index (χ2n) is 10.1. The molecule has 5 rings (SSSR count). The SMILES string of the molecule is O=C(NCc1cc(=O)[nH]c(C2CCC2)n1)N1CCCC2(CCN(Cc3ccc(Cl)c(Cl)c3)C2)C1. The van der Waals surface area contributed by atoms with Gasteiger partial charge in [0.05, 0.1) is 22.3 Å². The number of amides is 2. The van der Waals surface area contributed by atoms with Crippen molar-refractivity contribution >= 4 is 29.2 Å². The number of carbonyl (C=O) groups is 1. The molecule has 34 heavy (non-hydrogen) atoms. The summed E-state index contributed by atoms with van der Waals surface area (Å²) >= 11 is 12.2. The van der Waals surface area contributed by atoms with Crippen LogP contribution in [0.15, 0.2) is 29.1 Å². The molecule has 182 valence electrons. The molecule has 1 unspecified atom stereocenters. The van der Waals surface area contributed by atoms with Crippen LogP contribution in [0.2, 0.25) is 10.0 Å². The van der Waals surface area contributed by atoms with E-state index in [0.717, 1.165) is 76.2 Å². The van der Waals surface area contributed by atoms with Crippen molar-refractivity contribution in [1.82, 2.24) is 25.1 Å². The quantitative estimate of drug-likeness (QED) is 0.627. The molecule has 1 saturated carbocycles. The number of aromatic nitrogens is 2. The Morgan fingerprint density at radius 1 is 1.12 bits per heavy atom. The van der Waals surface area contributed by atoms with Gasteiger partial charge in [-0.05, 0) is 56.3 Å². The van der Waals surface area contributed by atoms with Crippen LogP contribution in [0.3, 0.4) is 0 Å². The van der Waals surface area contributed by atoms with Gasteiger partial charge < -0.3 is 15.2 Å². The van der Waals surface area contributed by atoms with Crippen LogP contribution in [0, 0.1) is 5.41 Å². The van der Waals surface area contributed by atoms with E-state index in [9.17, 15) is 9.59 Å². The Morgan fingerprint density at radius 2 is 1.97 bits per heavy atom. The topological polar surface area (TPSA) is 81.3 Å². The van der Waals surface area contributed by atoms with E-state index in [4.69, 9.17) is 23.2 Å². The Balaban J connectivity index is 1.16. The number of likely N-dealkylation sites (tertiary alicyclic amines) is 2. The second-order valence-corrected chi connectivity index (χ2v) is 11.0. The number of piperidine rings is 1. The summed E-state index contributed by atoms with van der Waals surface area (Å²) in [4.78, 5) is 36.8. The highest BCUT2D eigenvalue weighted by Gasteiger charge is 2.42. The van der Waals surface area contributed by atoms with E-state index in [2.05, 4.69) is 20.2 Å². The van der Waals surface area contributed by atoms with E-state index in [-0.39, 0.29) is 23.6 Å². The summed E-state index contributed by atoms with van der Waals surface area (Å²) in [7, 11) is 0. The standard InChI is InChI=1S/C25H31Cl2N5O2/c26-20-6-5-17(11-21(20)27)14-31-10-8-25(15-31)7-2-9-32(16-25)24(34)28-13-19-12-22(33)30-23(29-19)18-3-1-4-18/h5-6,11-12,18H,1-4,7-10,13-16H2,(H,28,34)(H,29,30,33). The van der Waals surface area contributed by atoms with Crippen LogP contribution in [0.25, 0.3) is 0 Å². The second kappa shape index (κ2) is 9.88. The number of urea groups is 1. The minimum absolute atomic E-state index is 0.0747. The summed E-state index contributed by atoms with van der Waals surface area (Å²) in [5, 5.41) is 4.16. The molecule has 1 atom stereocenters. The smallest absolute Gasteiger partial charge is 0.317 e. The Labute approximate surface area is 209 Å². The van der Waals surface area contributed by atoms with Gasteiger partial charge in [-0.25, -0.2) is 9.78 Å². The summed E-state index contributed by atoms with van der Waals surface area (Å²) in [6, 6.07) is 7.22. The highest BCUT2D eigenvalue weighted by molar-refractivity contribution is 6.42. The van der Waals surface area contributed by atoms with Crippen molar-refractivity contribution in [1.29, 1.82) is 0 Å². The van der Waals surface area contributed by atoms with E-state index < -0.39 is 0 Å². The van der Waals surface area contributed by atoms with E-state index in [0.29, 0.717) is 21.7 Å². The number of benzene rings is 1. The van der Waals surface area contributed by atoms with Gasteiger partial charge in [0, 0.05) is 43.6 Å². The van der Waals surface area contributed by atoms with Crippen molar-refractivity contribution in [2.45, 2.75) is 57.5 Å². The molecule has 2 aromatic rings. The van der Waals surface area contributed by atoms with Gasteiger partial charge in [0.25, 0.3) is 5.56 Å². The first-order valence-electron chi connectivity index (χ1n) is 12.2.